The van der Waals surface area contributed by atoms with Gasteiger partial charge in [0.05, 0.1) is 10.9 Å². The maximum atomic E-state index is 13.1. The summed E-state index contributed by atoms with van der Waals surface area (Å²) in [5.41, 5.74) is 1.78. The monoisotopic (exact) mass is 318 g/mol. The molecule has 0 aromatic heterocycles. The number of amides is 2. The number of hydrogen-bond acceptors (Lipinski definition) is 2. The maximum Gasteiger partial charge on any atom is 0.232 e. The number of halogens is 2. The predicted octanol–water partition coefficient (Wildman–Crippen LogP) is 3.54. The predicted molar refractivity (Wildman–Crippen MR) is 82.5 cm³/mol. The molecule has 0 saturated carbocycles. The Morgan fingerprint density at radius 2 is 2.05 bits per heavy atom. The first-order chi connectivity index (χ1) is 10.5. The van der Waals surface area contributed by atoms with Crippen LogP contribution in [0, 0.1) is 5.82 Å². The van der Waals surface area contributed by atoms with Crippen molar-refractivity contribution < 1.29 is 14.0 Å². The molecule has 1 atom stereocenters. The number of hydrogen-bond donors (Lipinski definition) is 2. The van der Waals surface area contributed by atoms with Crippen LogP contribution in [0.25, 0.3) is 0 Å². The standard InChI is InChI=1S/C16H12ClFN2O2/c17-12-7-9(5-6-13(12)18)19-16(22)11-8-15(21)20-14-4-2-1-3-10(11)14/h1-7,11H,8H2,(H,19,22)(H,20,21)/t11-/m1/s1. The van der Waals surface area contributed by atoms with E-state index in [0.29, 0.717) is 11.4 Å². The lowest BCUT2D eigenvalue weighted by Crippen LogP contribution is -2.30. The van der Waals surface area contributed by atoms with Crippen molar-refractivity contribution in [3.63, 3.8) is 0 Å². The molecule has 2 aromatic carbocycles. The van der Waals surface area contributed by atoms with Crippen molar-refractivity contribution in [3.8, 4) is 0 Å². The molecule has 0 spiro atoms. The summed E-state index contributed by atoms with van der Waals surface area (Å²) in [5.74, 6) is -1.68. The van der Waals surface area contributed by atoms with Crippen molar-refractivity contribution in [2.24, 2.45) is 0 Å². The maximum absolute atomic E-state index is 13.1. The van der Waals surface area contributed by atoms with E-state index in [0.717, 1.165) is 5.56 Å². The molecule has 2 amide bonds. The molecule has 2 aromatic rings. The molecule has 1 aliphatic rings. The van der Waals surface area contributed by atoms with Crippen molar-refractivity contribution in [2.75, 3.05) is 10.6 Å². The van der Waals surface area contributed by atoms with Crippen LogP contribution in [0.2, 0.25) is 5.02 Å². The fourth-order valence-electron chi connectivity index (χ4n) is 2.45. The molecule has 1 aliphatic heterocycles. The first kappa shape index (κ1) is 14.5. The lowest BCUT2D eigenvalue weighted by Gasteiger charge is -2.24. The summed E-state index contributed by atoms with van der Waals surface area (Å²) in [6.45, 7) is 0. The van der Waals surface area contributed by atoms with Crippen LogP contribution in [0.1, 0.15) is 17.9 Å². The third kappa shape index (κ3) is 2.80. The van der Waals surface area contributed by atoms with Gasteiger partial charge in [0, 0.05) is 17.8 Å². The normalized spacial score (nSPS) is 16.6. The van der Waals surface area contributed by atoms with E-state index in [4.69, 9.17) is 11.6 Å². The average molecular weight is 319 g/mol. The molecule has 0 unspecified atom stereocenters. The minimum Gasteiger partial charge on any atom is -0.326 e. The zero-order chi connectivity index (χ0) is 15.7. The second kappa shape index (κ2) is 5.77. The Morgan fingerprint density at radius 3 is 2.82 bits per heavy atom. The third-order valence-electron chi connectivity index (χ3n) is 3.50. The summed E-state index contributed by atoms with van der Waals surface area (Å²) in [6, 6.07) is 11.1. The van der Waals surface area contributed by atoms with Gasteiger partial charge in [-0.3, -0.25) is 9.59 Å². The molecule has 3 rings (SSSR count). The molecule has 112 valence electrons. The van der Waals surface area contributed by atoms with Crippen molar-refractivity contribution >= 4 is 34.8 Å². The zero-order valence-corrected chi connectivity index (χ0v) is 12.2. The van der Waals surface area contributed by atoms with Gasteiger partial charge in [-0.25, -0.2) is 4.39 Å². The summed E-state index contributed by atoms with van der Waals surface area (Å²) >= 11 is 5.70. The van der Waals surface area contributed by atoms with E-state index in [1.807, 2.05) is 6.07 Å². The van der Waals surface area contributed by atoms with Crippen LogP contribution < -0.4 is 10.6 Å². The number of nitrogens with one attached hydrogen (secondary N) is 2. The zero-order valence-electron chi connectivity index (χ0n) is 11.4. The molecular weight excluding hydrogens is 307 g/mol. The van der Waals surface area contributed by atoms with Crippen LogP contribution >= 0.6 is 11.6 Å². The van der Waals surface area contributed by atoms with E-state index < -0.39 is 11.7 Å². The van der Waals surface area contributed by atoms with Crippen molar-refractivity contribution in [2.45, 2.75) is 12.3 Å². The van der Waals surface area contributed by atoms with Crippen LogP contribution in [0.3, 0.4) is 0 Å². The van der Waals surface area contributed by atoms with Gasteiger partial charge >= 0.3 is 0 Å². The van der Waals surface area contributed by atoms with Crippen molar-refractivity contribution in [1.82, 2.24) is 0 Å². The van der Waals surface area contributed by atoms with Crippen LogP contribution in [0.4, 0.5) is 15.8 Å². The Labute approximate surface area is 131 Å². The highest BCUT2D eigenvalue weighted by atomic mass is 35.5. The van der Waals surface area contributed by atoms with Gasteiger partial charge in [0.1, 0.15) is 5.82 Å². The molecule has 0 aliphatic carbocycles. The summed E-state index contributed by atoms with van der Waals surface area (Å²) in [5, 5.41) is 5.34. The quantitative estimate of drug-likeness (QED) is 0.889. The van der Waals surface area contributed by atoms with Gasteiger partial charge in [0.15, 0.2) is 0 Å². The van der Waals surface area contributed by atoms with E-state index in [1.54, 1.807) is 18.2 Å². The van der Waals surface area contributed by atoms with Crippen LogP contribution in [0.5, 0.6) is 0 Å². The number of rotatable bonds is 2. The Morgan fingerprint density at radius 1 is 1.27 bits per heavy atom. The third-order valence-corrected chi connectivity index (χ3v) is 3.79. The number of para-hydroxylation sites is 1. The van der Waals surface area contributed by atoms with Gasteiger partial charge in [-0.2, -0.15) is 0 Å². The molecule has 0 saturated heterocycles. The number of carbonyl (C=O) groups is 2. The molecule has 0 bridgehead atoms. The molecule has 2 N–H and O–H groups in total. The molecule has 6 heteroatoms. The molecule has 1 heterocycles. The van der Waals surface area contributed by atoms with Crippen molar-refractivity contribution in [1.29, 1.82) is 0 Å². The first-order valence-electron chi connectivity index (χ1n) is 6.69. The number of fused-ring (bicyclic) bond motifs is 1. The van der Waals surface area contributed by atoms with Gasteiger partial charge in [-0.05, 0) is 29.8 Å². The Bertz CT molecular complexity index is 764. The van der Waals surface area contributed by atoms with Gasteiger partial charge in [-0.1, -0.05) is 29.8 Å². The highest BCUT2D eigenvalue weighted by molar-refractivity contribution is 6.31. The Kier molecular flexibility index (Phi) is 3.81. The van der Waals surface area contributed by atoms with Gasteiger partial charge < -0.3 is 10.6 Å². The van der Waals surface area contributed by atoms with Crippen LogP contribution in [-0.4, -0.2) is 11.8 Å². The highest BCUT2D eigenvalue weighted by Gasteiger charge is 2.30. The van der Waals surface area contributed by atoms with Crippen LogP contribution in [-0.2, 0) is 9.59 Å². The van der Waals surface area contributed by atoms with Gasteiger partial charge in [0.25, 0.3) is 0 Å². The molecule has 0 fully saturated rings. The second-order valence-corrected chi connectivity index (χ2v) is 5.42. The fraction of sp³-hybridized carbons (Fsp3) is 0.125. The van der Waals surface area contributed by atoms with Crippen LogP contribution in [0.15, 0.2) is 42.5 Å². The molecule has 0 radical (unpaired) electrons. The Hall–Kier alpha value is -2.40. The minimum absolute atomic E-state index is 0.0672. The molecular formula is C16H12ClFN2O2. The summed E-state index contributed by atoms with van der Waals surface area (Å²) in [4.78, 5) is 24.2. The van der Waals surface area contributed by atoms with E-state index >= 15 is 0 Å². The van der Waals surface area contributed by atoms with Gasteiger partial charge in [0.2, 0.25) is 11.8 Å². The summed E-state index contributed by atoms with van der Waals surface area (Å²) < 4.78 is 13.1. The fourth-order valence-corrected chi connectivity index (χ4v) is 2.63. The molecule has 4 nitrogen and oxygen atoms in total. The largest absolute Gasteiger partial charge is 0.326 e. The highest BCUT2D eigenvalue weighted by Crippen LogP contribution is 2.33. The topological polar surface area (TPSA) is 58.2 Å². The van der Waals surface area contributed by atoms with Gasteiger partial charge in [-0.15, -0.1) is 0 Å². The van der Waals surface area contributed by atoms with E-state index in [2.05, 4.69) is 10.6 Å². The lowest BCUT2D eigenvalue weighted by atomic mass is 9.90. The SMILES string of the molecule is O=C1C[C@@H](C(=O)Nc2ccc(F)c(Cl)c2)c2ccccc2N1. The second-order valence-electron chi connectivity index (χ2n) is 5.01. The van der Waals surface area contributed by atoms with E-state index in [9.17, 15) is 14.0 Å². The number of benzene rings is 2. The number of anilines is 2. The lowest BCUT2D eigenvalue weighted by molar-refractivity contribution is -0.123. The average Bonchev–Trinajstić information content (AvgIpc) is 2.50. The summed E-state index contributed by atoms with van der Waals surface area (Å²) in [6.07, 6.45) is 0.0672. The van der Waals surface area contributed by atoms with E-state index in [-0.39, 0.29) is 23.3 Å². The first-order valence-corrected chi connectivity index (χ1v) is 7.07. The Balaban J connectivity index is 1.86. The summed E-state index contributed by atoms with van der Waals surface area (Å²) in [7, 11) is 0. The smallest absolute Gasteiger partial charge is 0.232 e. The van der Waals surface area contributed by atoms with Crippen molar-refractivity contribution in [3.05, 3.63) is 58.9 Å². The van der Waals surface area contributed by atoms with E-state index in [1.165, 1.54) is 18.2 Å². The number of carbonyl (C=O) groups excluding carboxylic acids is 2. The molecule has 22 heavy (non-hydrogen) atoms. The minimum atomic E-state index is -0.589.